The van der Waals surface area contributed by atoms with E-state index >= 15 is 0 Å². The Bertz CT molecular complexity index is 436. The number of carbonyl (C=O) groups excluding carboxylic acids is 1. The van der Waals surface area contributed by atoms with E-state index in [4.69, 9.17) is 15.1 Å². The first-order chi connectivity index (χ1) is 8.13. The van der Waals surface area contributed by atoms with Crippen LogP contribution in [0.25, 0.3) is 0 Å². The van der Waals surface area contributed by atoms with Crippen LogP contribution in [0.5, 0.6) is 0 Å². The molecule has 0 radical (unpaired) electrons. The molecule has 1 aromatic rings. The minimum absolute atomic E-state index is 0.134. The van der Waals surface area contributed by atoms with Crippen LogP contribution in [0.1, 0.15) is 23.2 Å². The molecule has 1 atom stereocenters. The number of aliphatic carboxylic acids is 1. The zero-order valence-corrected chi connectivity index (χ0v) is 9.00. The Morgan fingerprint density at radius 1 is 1.35 bits per heavy atom. The average Bonchev–Trinajstić information content (AvgIpc) is 2.29. The Hall–Kier alpha value is -2.35. The summed E-state index contributed by atoms with van der Waals surface area (Å²) in [5, 5.41) is 17.1. The summed E-state index contributed by atoms with van der Waals surface area (Å²) in [7, 11) is 0. The highest BCUT2D eigenvalue weighted by Gasteiger charge is 2.18. The van der Waals surface area contributed by atoms with Crippen molar-refractivity contribution >= 4 is 11.9 Å². The van der Waals surface area contributed by atoms with E-state index in [0.717, 1.165) is 0 Å². The molecule has 0 saturated heterocycles. The number of hydrogen-bond donors (Lipinski definition) is 1. The number of ether oxygens (including phenoxy) is 1. The Morgan fingerprint density at radius 3 is 2.53 bits per heavy atom. The third-order valence-corrected chi connectivity index (χ3v) is 2.00. The van der Waals surface area contributed by atoms with Gasteiger partial charge in [-0.05, 0) is 12.1 Å². The summed E-state index contributed by atoms with van der Waals surface area (Å²) < 4.78 is 4.95. The van der Waals surface area contributed by atoms with Crippen LogP contribution in [0.2, 0.25) is 0 Å². The van der Waals surface area contributed by atoms with Crippen LogP contribution in [-0.4, -0.2) is 23.1 Å². The first kappa shape index (κ1) is 12.7. The molecule has 17 heavy (non-hydrogen) atoms. The van der Waals surface area contributed by atoms with Gasteiger partial charge in [-0.3, -0.25) is 4.79 Å². The van der Waals surface area contributed by atoms with Gasteiger partial charge in [0.25, 0.3) is 0 Å². The molecule has 5 nitrogen and oxygen atoms in total. The predicted molar refractivity (Wildman–Crippen MR) is 58.1 cm³/mol. The van der Waals surface area contributed by atoms with E-state index in [2.05, 4.69) is 0 Å². The number of carboxylic acid groups (broad SMARTS) is 1. The van der Waals surface area contributed by atoms with Crippen LogP contribution in [-0.2, 0) is 9.53 Å². The maximum absolute atomic E-state index is 11.6. The summed E-state index contributed by atoms with van der Waals surface area (Å²) in [6.07, 6.45) is -1.41. The van der Waals surface area contributed by atoms with Gasteiger partial charge in [-0.2, -0.15) is 5.26 Å². The van der Waals surface area contributed by atoms with Crippen molar-refractivity contribution in [1.29, 1.82) is 5.26 Å². The number of nitriles is 1. The highest BCUT2D eigenvalue weighted by Crippen LogP contribution is 2.09. The molecule has 1 rings (SSSR count). The van der Waals surface area contributed by atoms with Crippen molar-refractivity contribution in [2.45, 2.75) is 18.9 Å². The van der Waals surface area contributed by atoms with Gasteiger partial charge in [0.2, 0.25) is 0 Å². The zero-order valence-electron chi connectivity index (χ0n) is 9.00. The molecule has 5 heteroatoms. The first-order valence-corrected chi connectivity index (χ1v) is 4.98. The number of nitrogens with zero attached hydrogens (tertiary/aromatic N) is 1. The first-order valence-electron chi connectivity index (χ1n) is 4.98. The molecule has 1 N–H and O–H groups in total. The van der Waals surface area contributed by atoms with E-state index in [9.17, 15) is 9.59 Å². The van der Waals surface area contributed by atoms with Gasteiger partial charge in [0.1, 0.15) is 6.10 Å². The summed E-state index contributed by atoms with van der Waals surface area (Å²) in [6.45, 7) is 0. The summed E-state index contributed by atoms with van der Waals surface area (Å²) in [6, 6.07) is 10.0. The zero-order chi connectivity index (χ0) is 12.7. The number of carbonyl (C=O) groups is 2. The number of rotatable bonds is 5. The van der Waals surface area contributed by atoms with E-state index in [1.165, 1.54) is 0 Å². The number of hydrogen-bond acceptors (Lipinski definition) is 4. The minimum atomic E-state index is -1.11. The molecular weight excluding hydrogens is 222 g/mol. The highest BCUT2D eigenvalue weighted by molar-refractivity contribution is 5.89. The molecule has 0 aliphatic carbocycles. The number of esters is 1. The molecule has 1 aromatic carbocycles. The van der Waals surface area contributed by atoms with Crippen molar-refractivity contribution < 1.29 is 19.4 Å². The van der Waals surface area contributed by atoms with Gasteiger partial charge < -0.3 is 9.84 Å². The van der Waals surface area contributed by atoms with Crippen LogP contribution in [0.4, 0.5) is 0 Å². The van der Waals surface area contributed by atoms with Crippen molar-refractivity contribution in [3.8, 4) is 6.07 Å². The second-order valence-corrected chi connectivity index (χ2v) is 3.35. The van der Waals surface area contributed by atoms with Gasteiger partial charge in [0, 0.05) is 0 Å². The smallest absolute Gasteiger partial charge is 0.338 e. The van der Waals surface area contributed by atoms with Crippen LogP contribution in [0, 0.1) is 11.3 Å². The Kier molecular flexibility index (Phi) is 4.70. The maximum atomic E-state index is 11.6. The normalized spacial score (nSPS) is 11.2. The molecular formula is C12H11NO4. The summed E-state index contributed by atoms with van der Waals surface area (Å²) in [5.74, 6) is -1.72. The lowest BCUT2D eigenvalue weighted by molar-refractivity contribution is -0.139. The van der Waals surface area contributed by atoms with Crippen molar-refractivity contribution in [3.63, 3.8) is 0 Å². The molecule has 0 aromatic heterocycles. The van der Waals surface area contributed by atoms with Crippen LogP contribution < -0.4 is 0 Å². The molecule has 0 saturated carbocycles. The number of carboxylic acids is 1. The molecule has 0 unspecified atom stereocenters. The molecule has 0 amide bonds. The van der Waals surface area contributed by atoms with E-state index in [1.54, 1.807) is 36.4 Å². The van der Waals surface area contributed by atoms with Crippen LogP contribution >= 0.6 is 0 Å². The van der Waals surface area contributed by atoms with Crippen LogP contribution in [0.3, 0.4) is 0 Å². The number of benzene rings is 1. The van der Waals surface area contributed by atoms with Gasteiger partial charge in [0.15, 0.2) is 0 Å². The largest absolute Gasteiger partial charge is 0.481 e. The predicted octanol–water partition coefficient (Wildman–Crippen LogP) is 1.60. The molecule has 0 heterocycles. The molecule has 88 valence electrons. The van der Waals surface area contributed by atoms with Crippen molar-refractivity contribution in [2.24, 2.45) is 0 Å². The fourth-order valence-electron chi connectivity index (χ4n) is 1.25. The van der Waals surface area contributed by atoms with Gasteiger partial charge in [-0.1, -0.05) is 18.2 Å². The Balaban J connectivity index is 2.65. The molecule has 0 fully saturated rings. The highest BCUT2D eigenvalue weighted by atomic mass is 16.5. The molecule has 0 spiro atoms. The van der Waals surface area contributed by atoms with Crippen molar-refractivity contribution in [1.82, 2.24) is 0 Å². The summed E-state index contributed by atoms with van der Waals surface area (Å²) >= 11 is 0. The second kappa shape index (κ2) is 6.28. The van der Waals surface area contributed by atoms with Gasteiger partial charge in [-0.25, -0.2) is 4.79 Å². The average molecular weight is 233 g/mol. The van der Waals surface area contributed by atoms with Crippen molar-refractivity contribution in [2.75, 3.05) is 0 Å². The second-order valence-electron chi connectivity index (χ2n) is 3.35. The molecule has 0 aliphatic rings. The SMILES string of the molecule is N#CC[C@@H](CC(=O)O)OC(=O)c1ccccc1. The van der Waals surface area contributed by atoms with Gasteiger partial charge in [0.05, 0.1) is 24.5 Å². The lowest BCUT2D eigenvalue weighted by Crippen LogP contribution is -2.21. The lowest BCUT2D eigenvalue weighted by atomic mass is 10.2. The lowest BCUT2D eigenvalue weighted by Gasteiger charge is -2.12. The van der Waals surface area contributed by atoms with Crippen LogP contribution in [0.15, 0.2) is 30.3 Å². The van der Waals surface area contributed by atoms with Crippen molar-refractivity contribution in [3.05, 3.63) is 35.9 Å². The molecule has 0 aliphatic heterocycles. The fourth-order valence-corrected chi connectivity index (χ4v) is 1.25. The molecule has 0 bridgehead atoms. The minimum Gasteiger partial charge on any atom is -0.481 e. The Labute approximate surface area is 98.2 Å². The summed E-state index contributed by atoms with van der Waals surface area (Å²) in [4.78, 5) is 22.1. The Morgan fingerprint density at radius 2 is 2.00 bits per heavy atom. The standard InChI is InChI=1S/C12H11NO4/c13-7-6-10(8-11(14)15)17-12(16)9-4-2-1-3-5-9/h1-5,10H,6,8H2,(H,14,15)/t10-/m0/s1. The van der Waals surface area contributed by atoms with E-state index in [1.807, 2.05) is 0 Å². The van der Waals surface area contributed by atoms with E-state index < -0.39 is 18.0 Å². The monoisotopic (exact) mass is 233 g/mol. The van der Waals surface area contributed by atoms with E-state index in [0.29, 0.717) is 5.56 Å². The van der Waals surface area contributed by atoms with E-state index in [-0.39, 0.29) is 12.8 Å². The third-order valence-electron chi connectivity index (χ3n) is 2.00. The van der Waals surface area contributed by atoms with Gasteiger partial charge in [-0.15, -0.1) is 0 Å². The maximum Gasteiger partial charge on any atom is 0.338 e. The summed E-state index contributed by atoms with van der Waals surface area (Å²) in [5.41, 5.74) is 0.334. The van der Waals surface area contributed by atoms with Gasteiger partial charge >= 0.3 is 11.9 Å². The quantitative estimate of drug-likeness (QED) is 0.780. The fraction of sp³-hybridized carbons (Fsp3) is 0.250. The third kappa shape index (κ3) is 4.34. The topological polar surface area (TPSA) is 87.4 Å².